The highest BCUT2D eigenvalue weighted by Crippen LogP contribution is 2.36. The van der Waals surface area contributed by atoms with E-state index in [1.165, 1.54) is 0 Å². The highest BCUT2D eigenvalue weighted by atomic mass is 28.4. The summed E-state index contributed by atoms with van der Waals surface area (Å²) in [6, 6.07) is 0. The lowest BCUT2D eigenvalue weighted by Crippen LogP contribution is -2.43. The third-order valence-electron chi connectivity index (χ3n) is 4.78. The van der Waals surface area contributed by atoms with Gasteiger partial charge in [-0.3, -0.25) is 14.5 Å². The normalized spacial score (nSPS) is 13.5. The van der Waals surface area contributed by atoms with Crippen LogP contribution >= 0.6 is 0 Å². The molecule has 29 heavy (non-hydrogen) atoms. The summed E-state index contributed by atoms with van der Waals surface area (Å²) in [5.74, 6) is -0.463. The van der Waals surface area contributed by atoms with Gasteiger partial charge in [-0.05, 0) is 59.7 Å². The first-order valence-corrected chi connectivity index (χ1v) is 13.5. The second-order valence-electron chi connectivity index (χ2n) is 11.1. The maximum Gasteiger partial charge on any atom is 0.307 e. The molecule has 0 spiro atoms. The molecule has 0 aromatic heterocycles. The summed E-state index contributed by atoms with van der Waals surface area (Å²) in [5.41, 5.74) is -0.992. The minimum atomic E-state index is -1.83. The fraction of sp³-hybridized carbons (Fsp3) is 0.909. The predicted molar refractivity (Wildman–Crippen MR) is 121 cm³/mol. The van der Waals surface area contributed by atoms with Crippen molar-refractivity contribution >= 4 is 20.3 Å². The molecular weight excluding hydrogens is 386 g/mol. The Morgan fingerprint density at radius 3 is 1.41 bits per heavy atom. The molecule has 0 aliphatic rings. The molecule has 0 aromatic rings. The van der Waals surface area contributed by atoms with Gasteiger partial charge in [-0.25, -0.2) is 0 Å². The van der Waals surface area contributed by atoms with Crippen molar-refractivity contribution < 1.29 is 23.5 Å². The summed E-state index contributed by atoms with van der Waals surface area (Å²) in [4.78, 5) is 26.3. The van der Waals surface area contributed by atoms with Crippen molar-refractivity contribution in [3.05, 3.63) is 0 Å². The van der Waals surface area contributed by atoms with Gasteiger partial charge in [0.1, 0.15) is 11.2 Å². The second-order valence-corrected chi connectivity index (χ2v) is 15.9. The molecular formula is C22H45NO5Si. The first-order chi connectivity index (χ1) is 12.8. The van der Waals surface area contributed by atoms with Gasteiger partial charge in [0.05, 0.1) is 12.8 Å². The molecule has 7 heteroatoms. The highest BCUT2D eigenvalue weighted by molar-refractivity contribution is 6.74. The summed E-state index contributed by atoms with van der Waals surface area (Å²) in [6.45, 7) is 24.5. The molecule has 0 fully saturated rings. The fourth-order valence-electron chi connectivity index (χ4n) is 2.27. The van der Waals surface area contributed by atoms with E-state index in [1.54, 1.807) is 0 Å². The lowest BCUT2D eigenvalue weighted by atomic mass is 10.2. The van der Waals surface area contributed by atoms with Crippen LogP contribution in [0, 0.1) is 0 Å². The van der Waals surface area contributed by atoms with Crippen molar-refractivity contribution in [1.82, 2.24) is 4.90 Å². The van der Waals surface area contributed by atoms with Gasteiger partial charge in [0.2, 0.25) is 0 Å². The number of hydrogen-bond donors (Lipinski definition) is 0. The van der Waals surface area contributed by atoms with E-state index in [9.17, 15) is 9.59 Å². The molecule has 0 rings (SSSR count). The number of rotatable bonds is 10. The van der Waals surface area contributed by atoms with Crippen LogP contribution in [0.2, 0.25) is 18.1 Å². The Morgan fingerprint density at radius 1 is 0.724 bits per heavy atom. The van der Waals surface area contributed by atoms with Crippen LogP contribution in [-0.4, -0.2) is 62.6 Å². The van der Waals surface area contributed by atoms with Crippen LogP contribution in [0.25, 0.3) is 0 Å². The Hall–Kier alpha value is -0.923. The van der Waals surface area contributed by atoms with Crippen LogP contribution in [0.4, 0.5) is 0 Å². The van der Waals surface area contributed by atoms with Gasteiger partial charge >= 0.3 is 11.9 Å². The van der Waals surface area contributed by atoms with Crippen molar-refractivity contribution in [3.8, 4) is 0 Å². The predicted octanol–water partition coefficient (Wildman–Crippen LogP) is 4.77. The molecule has 0 saturated carbocycles. The zero-order valence-corrected chi connectivity index (χ0v) is 21.7. The lowest BCUT2D eigenvalue weighted by molar-refractivity contribution is -0.155. The molecule has 0 aromatic carbocycles. The van der Waals surface area contributed by atoms with Gasteiger partial charge in [-0.1, -0.05) is 20.8 Å². The standard InChI is InChI=1S/C22H45NO5Si/c1-20(2,3)27-18(24)12-14-23(15-13-19(25)28-21(4,5)6)16-17-26-29(10,11)22(7,8)9/h12-17H2,1-11H3. The van der Waals surface area contributed by atoms with Gasteiger partial charge in [0.15, 0.2) is 8.32 Å². The first kappa shape index (κ1) is 28.1. The maximum atomic E-state index is 12.1. The van der Waals surface area contributed by atoms with E-state index in [4.69, 9.17) is 13.9 Å². The average molecular weight is 432 g/mol. The molecule has 0 saturated heterocycles. The molecule has 0 amide bonds. The Labute approximate surface area is 179 Å². The Bertz CT molecular complexity index is 495. The minimum Gasteiger partial charge on any atom is -0.460 e. The maximum absolute atomic E-state index is 12.1. The van der Waals surface area contributed by atoms with Gasteiger partial charge in [0, 0.05) is 26.2 Å². The number of carbonyl (C=O) groups is 2. The van der Waals surface area contributed by atoms with E-state index in [0.29, 0.717) is 26.2 Å². The van der Waals surface area contributed by atoms with E-state index in [-0.39, 0.29) is 29.8 Å². The topological polar surface area (TPSA) is 65.1 Å². The molecule has 0 aliphatic carbocycles. The highest BCUT2D eigenvalue weighted by Gasteiger charge is 2.37. The summed E-state index contributed by atoms with van der Waals surface area (Å²) < 4.78 is 17.1. The van der Waals surface area contributed by atoms with Crippen molar-refractivity contribution in [1.29, 1.82) is 0 Å². The smallest absolute Gasteiger partial charge is 0.307 e. The third-order valence-corrected chi connectivity index (χ3v) is 9.32. The van der Waals surface area contributed by atoms with E-state index < -0.39 is 19.5 Å². The molecule has 0 radical (unpaired) electrons. The SMILES string of the molecule is CC(C)(C)OC(=O)CCN(CCO[Si](C)(C)C(C)(C)C)CCC(=O)OC(C)(C)C. The molecule has 6 nitrogen and oxygen atoms in total. The summed E-state index contributed by atoms with van der Waals surface area (Å²) in [6.07, 6.45) is 0.567. The average Bonchev–Trinajstić information content (AvgIpc) is 2.44. The quantitative estimate of drug-likeness (QED) is 0.366. The van der Waals surface area contributed by atoms with Gasteiger partial charge in [-0.2, -0.15) is 0 Å². The number of ether oxygens (including phenoxy) is 2. The van der Waals surface area contributed by atoms with Gasteiger partial charge in [0.25, 0.3) is 0 Å². The molecule has 0 bridgehead atoms. The van der Waals surface area contributed by atoms with Crippen LogP contribution in [0.1, 0.15) is 75.2 Å². The number of esters is 2. The van der Waals surface area contributed by atoms with Gasteiger partial charge < -0.3 is 13.9 Å². The molecule has 0 atom stereocenters. The van der Waals surface area contributed by atoms with E-state index in [0.717, 1.165) is 0 Å². The van der Waals surface area contributed by atoms with Crippen LogP contribution in [-0.2, 0) is 23.5 Å². The zero-order valence-electron chi connectivity index (χ0n) is 20.7. The summed E-state index contributed by atoms with van der Waals surface area (Å²) in [5, 5.41) is 0.144. The lowest BCUT2D eigenvalue weighted by Gasteiger charge is -2.36. The van der Waals surface area contributed by atoms with Crippen molar-refractivity contribution in [2.45, 2.75) is 104 Å². The largest absolute Gasteiger partial charge is 0.460 e. The molecule has 0 unspecified atom stereocenters. The van der Waals surface area contributed by atoms with Crippen molar-refractivity contribution in [2.24, 2.45) is 0 Å². The van der Waals surface area contributed by atoms with Crippen LogP contribution in [0.3, 0.4) is 0 Å². The molecule has 0 aliphatic heterocycles. The second kappa shape index (κ2) is 10.9. The van der Waals surface area contributed by atoms with Crippen LogP contribution < -0.4 is 0 Å². The molecule has 172 valence electrons. The fourth-order valence-corrected chi connectivity index (χ4v) is 3.30. The monoisotopic (exact) mass is 431 g/mol. The minimum absolute atomic E-state index is 0.144. The van der Waals surface area contributed by atoms with Crippen molar-refractivity contribution in [2.75, 3.05) is 26.2 Å². The Balaban J connectivity index is 4.78. The molecule has 0 N–H and O–H groups in total. The van der Waals surface area contributed by atoms with Crippen LogP contribution in [0.5, 0.6) is 0 Å². The third kappa shape index (κ3) is 13.8. The number of nitrogens with zero attached hydrogens (tertiary/aromatic N) is 1. The van der Waals surface area contributed by atoms with E-state index in [1.807, 2.05) is 41.5 Å². The Morgan fingerprint density at radius 2 is 1.10 bits per heavy atom. The number of carbonyl (C=O) groups excluding carboxylic acids is 2. The number of hydrogen-bond acceptors (Lipinski definition) is 6. The Kier molecular flexibility index (Phi) is 10.6. The van der Waals surface area contributed by atoms with Crippen LogP contribution in [0.15, 0.2) is 0 Å². The van der Waals surface area contributed by atoms with Gasteiger partial charge in [-0.15, -0.1) is 0 Å². The summed E-state index contributed by atoms with van der Waals surface area (Å²) in [7, 11) is -1.83. The molecule has 0 heterocycles. The van der Waals surface area contributed by atoms with E-state index >= 15 is 0 Å². The van der Waals surface area contributed by atoms with E-state index in [2.05, 4.69) is 38.8 Å². The first-order valence-electron chi connectivity index (χ1n) is 10.6. The van der Waals surface area contributed by atoms with Crippen molar-refractivity contribution in [3.63, 3.8) is 0 Å². The zero-order chi connectivity index (χ0) is 23.1. The summed E-state index contributed by atoms with van der Waals surface area (Å²) >= 11 is 0.